The Labute approximate surface area is 164 Å². The Balaban J connectivity index is 1.53. The third-order valence-corrected chi connectivity index (χ3v) is 5.45. The topological polar surface area (TPSA) is 50.8 Å². The Hall–Kier alpha value is -3.28. The van der Waals surface area contributed by atoms with Crippen molar-refractivity contribution in [3.8, 4) is 11.3 Å². The number of nitrogens with zero attached hydrogens (tertiary/aromatic N) is 3. The second kappa shape index (κ2) is 6.41. The minimum atomic E-state index is -0.0765. The quantitative estimate of drug-likeness (QED) is 0.512. The SMILES string of the molecule is [B]c1ccc2cc(C(=O)N3CCc4cccc(-c5ccco5)c4C3C)nn2c1. The normalized spacial score (nSPS) is 16.3. The molecule has 0 N–H and O–H groups in total. The van der Waals surface area contributed by atoms with Crippen LogP contribution in [0.25, 0.3) is 16.8 Å². The number of furan rings is 1. The molecule has 28 heavy (non-hydrogen) atoms. The lowest BCUT2D eigenvalue weighted by Gasteiger charge is -2.36. The van der Waals surface area contributed by atoms with Crippen LogP contribution in [0.3, 0.4) is 0 Å². The van der Waals surface area contributed by atoms with E-state index in [1.54, 1.807) is 23.0 Å². The van der Waals surface area contributed by atoms with E-state index in [-0.39, 0.29) is 11.9 Å². The molecule has 6 heteroatoms. The first-order chi connectivity index (χ1) is 13.6. The zero-order valence-corrected chi connectivity index (χ0v) is 15.5. The standard InChI is InChI=1S/C22H18BN3O2/c1-14-21-15(4-2-5-18(21)20-6-3-11-28-20)9-10-25(14)22(27)19-12-17-8-7-16(23)13-26(17)24-19/h2-8,11-14H,9-10H2,1H3. The van der Waals surface area contributed by atoms with E-state index in [0.717, 1.165) is 28.8 Å². The Morgan fingerprint density at radius 1 is 1.21 bits per heavy atom. The van der Waals surface area contributed by atoms with Gasteiger partial charge >= 0.3 is 0 Å². The molecule has 1 amide bonds. The highest BCUT2D eigenvalue weighted by Crippen LogP contribution is 2.38. The smallest absolute Gasteiger partial charge is 0.274 e. The number of hydrogen-bond acceptors (Lipinski definition) is 3. The van der Waals surface area contributed by atoms with Gasteiger partial charge in [0.2, 0.25) is 0 Å². The van der Waals surface area contributed by atoms with E-state index in [9.17, 15) is 4.79 Å². The maximum atomic E-state index is 13.3. The van der Waals surface area contributed by atoms with Crippen molar-refractivity contribution in [2.45, 2.75) is 19.4 Å². The molecule has 136 valence electrons. The van der Waals surface area contributed by atoms with Crippen LogP contribution >= 0.6 is 0 Å². The first kappa shape index (κ1) is 16.9. The summed E-state index contributed by atoms with van der Waals surface area (Å²) in [5, 5.41) is 4.44. The van der Waals surface area contributed by atoms with E-state index in [1.807, 2.05) is 35.2 Å². The molecule has 1 unspecified atom stereocenters. The minimum absolute atomic E-state index is 0.0744. The number of rotatable bonds is 2. The summed E-state index contributed by atoms with van der Waals surface area (Å²) in [5.41, 5.74) is 5.32. The van der Waals surface area contributed by atoms with Crippen molar-refractivity contribution < 1.29 is 9.21 Å². The first-order valence-corrected chi connectivity index (χ1v) is 9.33. The van der Waals surface area contributed by atoms with Crippen molar-refractivity contribution >= 4 is 24.7 Å². The zero-order valence-electron chi connectivity index (χ0n) is 15.5. The monoisotopic (exact) mass is 367 g/mol. The van der Waals surface area contributed by atoms with Crippen molar-refractivity contribution in [2.75, 3.05) is 6.54 Å². The van der Waals surface area contributed by atoms with Crippen molar-refractivity contribution in [1.82, 2.24) is 14.5 Å². The predicted octanol–water partition coefficient (Wildman–Crippen LogP) is 3.15. The minimum Gasteiger partial charge on any atom is -0.464 e. The second-order valence-corrected chi connectivity index (χ2v) is 7.14. The summed E-state index contributed by atoms with van der Waals surface area (Å²) in [4.78, 5) is 15.2. The Kier molecular flexibility index (Phi) is 3.86. The summed E-state index contributed by atoms with van der Waals surface area (Å²) >= 11 is 0. The van der Waals surface area contributed by atoms with Crippen LogP contribution in [0.4, 0.5) is 0 Å². The molecule has 3 aromatic heterocycles. The average molecular weight is 367 g/mol. The number of hydrogen-bond donors (Lipinski definition) is 0. The van der Waals surface area contributed by atoms with E-state index >= 15 is 0 Å². The molecule has 4 aromatic rings. The Bertz CT molecular complexity index is 1180. The van der Waals surface area contributed by atoms with Gasteiger partial charge in [-0.3, -0.25) is 4.79 Å². The van der Waals surface area contributed by atoms with E-state index in [2.05, 4.69) is 24.2 Å². The van der Waals surface area contributed by atoms with Gasteiger partial charge in [0.05, 0.1) is 17.8 Å². The van der Waals surface area contributed by atoms with E-state index in [4.69, 9.17) is 12.3 Å². The molecule has 5 rings (SSSR count). The second-order valence-electron chi connectivity index (χ2n) is 7.14. The third kappa shape index (κ3) is 2.64. The van der Waals surface area contributed by atoms with Crippen LogP contribution in [0.15, 0.2) is 65.4 Å². The number of carbonyl (C=O) groups is 1. The van der Waals surface area contributed by atoms with E-state index in [1.165, 1.54) is 5.56 Å². The van der Waals surface area contributed by atoms with Gasteiger partial charge in [0, 0.05) is 18.3 Å². The lowest BCUT2D eigenvalue weighted by Crippen LogP contribution is -2.39. The molecule has 2 radical (unpaired) electrons. The number of aromatic nitrogens is 2. The molecule has 1 aromatic carbocycles. The van der Waals surface area contributed by atoms with Crippen molar-refractivity contribution in [3.05, 3.63) is 77.8 Å². The third-order valence-electron chi connectivity index (χ3n) is 5.45. The molecule has 0 spiro atoms. The van der Waals surface area contributed by atoms with Gasteiger partial charge in [0.25, 0.3) is 5.91 Å². The highest BCUT2D eigenvalue weighted by molar-refractivity contribution is 6.32. The molecule has 5 nitrogen and oxygen atoms in total. The van der Waals surface area contributed by atoms with Gasteiger partial charge in [-0.2, -0.15) is 5.10 Å². The Morgan fingerprint density at radius 2 is 2.11 bits per heavy atom. The molecule has 4 heterocycles. The molecule has 0 saturated heterocycles. The summed E-state index contributed by atoms with van der Waals surface area (Å²) in [6.07, 6.45) is 4.20. The van der Waals surface area contributed by atoms with Crippen LogP contribution in [-0.2, 0) is 6.42 Å². The molecular formula is C22H18BN3O2. The molecular weight excluding hydrogens is 349 g/mol. The lowest BCUT2D eigenvalue weighted by molar-refractivity contribution is 0.0671. The lowest BCUT2D eigenvalue weighted by atomic mass is 9.88. The highest BCUT2D eigenvalue weighted by Gasteiger charge is 2.31. The maximum Gasteiger partial charge on any atom is 0.274 e. The van der Waals surface area contributed by atoms with Gasteiger partial charge in [0.1, 0.15) is 13.6 Å². The number of carbonyl (C=O) groups excluding carboxylic acids is 1. The molecule has 1 atom stereocenters. The fraction of sp³-hybridized carbons (Fsp3) is 0.182. The fourth-order valence-electron chi connectivity index (χ4n) is 4.09. The van der Waals surface area contributed by atoms with E-state index < -0.39 is 0 Å². The summed E-state index contributed by atoms with van der Waals surface area (Å²) in [5.74, 6) is 0.746. The van der Waals surface area contributed by atoms with Crippen LogP contribution in [-0.4, -0.2) is 34.8 Å². The van der Waals surface area contributed by atoms with Gasteiger partial charge in [0.15, 0.2) is 5.69 Å². The molecule has 0 fully saturated rings. The van der Waals surface area contributed by atoms with Gasteiger partial charge in [-0.1, -0.05) is 29.7 Å². The number of pyridine rings is 1. The zero-order chi connectivity index (χ0) is 19.3. The van der Waals surface area contributed by atoms with Crippen LogP contribution in [0.1, 0.15) is 34.6 Å². The largest absolute Gasteiger partial charge is 0.464 e. The summed E-state index contributed by atoms with van der Waals surface area (Å²) < 4.78 is 7.29. The van der Waals surface area contributed by atoms with Crippen LogP contribution < -0.4 is 5.46 Å². The van der Waals surface area contributed by atoms with Gasteiger partial charge < -0.3 is 9.32 Å². The summed E-state index contributed by atoms with van der Waals surface area (Å²) in [6.45, 7) is 2.72. The van der Waals surface area contributed by atoms with Gasteiger partial charge in [-0.05, 0) is 48.7 Å². The molecule has 1 aliphatic heterocycles. The number of benzene rings is 1. The molecule has 0 bridgehead atoms. The first-order valence-electron chi connectivity index (χ1n) is 9.33. The predicted molar refractivity (Wildman–Crippen MR) is 108 cm³/mol. The van der Waals surface area contributed by atoms with Crippen LogP contribution in [0.5, 0.6) is 0 Å². The van der Waals surface area contributed by atoms with E-state index in [0.29, 0.717) is 17.7 Å². The fourth-order valence-corrected chi connectivity index (χ4v) is 4.09. The highest BCUT2D eigenvalue weighted by atomic mass is 16.3. The van der Waals surface area contributed by atoms with Crippen molar-refractivity contribution in [2.24, 2.45) is 0 Å². The number of fused-ring (bicyclic) bond motifs is 2. The van der Waals surface area contributed by atoms with Crippen molar-refractivity contribution in [3.63, 3.8) is 0 Å². The van der Waals surface area contributed by atoms with Gasteiger partial charge in [-0.25, -0.2) is 4.52 Å². The van der Waals surface area contributed by atoms with Crippen LogP contribution in [0.2, 0.25) is 0 Å². The molecule has 1 aliphatic rings. The summed E-state index contributed by atoms with van der Waals surface area (Å²) in [6, 6.07) is 15.5. The molecule has 0 aliphatic carbocycles. The molecule has 0 saturated carbocycles. The maximum absolute atomic E-state index is 13.3. The number of amides is 1. The summed E-state index contributed by atoms with van der Waals surface area (Å²) in [7, 11) is 5.83. The van der Waals surface area contributed by atoms with Crippen LogP contribution in [0, 0.1) is 0 Å². The average Bonchev–Trinajstić information content (AvgIpc) is 3.37. The van der Waals surface area contributed by atoms with Gasteiger partial charge in [-0.15, -0.1) is 0 Å². The Morgan fingerprint density at radius 3 is 2.93 bits per heavy atom. The van der Waals surface area contributed by atoms with Crippen molar-refractivity contribution in [1.29, 1.82) is 0 Å².